The van der Waals surface area contributed by atoms with Gasteiger partial charge in [-0.25, -0.2) is 0 Å². The van der Waals surface area contributed by atoms with Crippen molar-refractivity contribution in [1.29, 1.82) is 0 Å². The molecule has 1 N–H and O–H groups in total. The second-order valence-electron chi connectivity index (χ2n) is 6.44. The Morgan fingerprint density at radius 2 is 2.05 bits per heavy atom. The van der Waals surface area contributed by atoms with Crippen molar-refractivity contribution in [2.24, 2.45) is 0 Å². The second-order valence-corrected chi connectivity index (χ2v) is 6.44. The third-order valence-electron chi connectivity index (χ3n) is 4.54. The van der Waals surface area contributed by atoms with Gasteiger partial charge in [-0.05, 0) is 57.2 Å². The van der Waals surface area contributed by atoms with E-state index >= 15 is 0 Å². The summed E-state index contributed by atoms with van der Waals surface area (Å²) in [6.07, 6.45) is 7.92. The lowest BCUT2D eigenvalue weighted by atomic mass is 9.96. The van der Waals surface area contributed by atoms with Crippen LogP contribution in [0.3, 0.4) is 0 Å². The topological polar surface area (TPSA) is 15.3 Å². The number of piperidine rings is 1. The largest absolute Gasteiger partial charge is 0.368 e. The molecule has 1 aliphatic rings. The zero-order valence-corrected chi connectivity index (χ0v) is 14.1. The van der Waals surface area contributed by atoms with Crippen molar-refractivity contribution in [2.45, 2.75) is 71.9 Å². The zero-order chi connectivity index (χ0) is 15.1. The van der Waals surface area contributed by atoms with E-state index in [4.69, 9.17) is 0 Å². The lowest BCUT2D eigenvalue weighted by Crippen LogP contribution is -2.40. The summed E-state index contributed by atoms with van der Waals surface area (Å²) in [5.41, 5.74) is 4.32. The van der Waals surface area contributed by atoms with Gasteiger partial charge in [0.25, 0.3) is 0 Å². The standard InChI is InChI=1S/C19H32N2/c1-4-8-18-9-6-7-13-21(18)19-11-10-16(3)14-17(19)15-20-12-5-2/h10-11,14,18,20H,4-9,12-13,15H2,1-3H3. The van der Waals surface area contributed by atoms with Gasteiger partial charge in [-0.15, -0.1) is 0 Å². The molecule has 0 aliphatic carbocycles. The molecule has 0 bridgehead atoms. The Hall–Kier alpha value is -1.02. The molecule has 2 heteroatoms. The predicted octanol–water partition coefficient (Wildman–Crippen LogP) is 4.65. The van der Waals surface area contributed by atoms with Crippen LogP contribution in [-0.4, -0.2) is 19.1 Å². The number of benzene rings is 1. The average molecular weight is 288 g/mol. The molecule has 1 unspecified atom stereocenters. The minimum atomic E-state index is 0.747. The van der Waals surface area contributed by atoms with E-state index in [1.54, 1.807) is 0 Å². The van der Waals surface area contributed by atoms with Crippen molar-refractivity contribution < 1.29 is 0 Å². The van der Waals surface area contributed by atoms with Gasteiger partial charge in [-0.3, -0.25) is 0 Å². The van der Waals surface area contributed by atoms with Crippen molar-refractivity contribution in [3.63, 3.8) is 0 Å². The molecule has 1 fully saturated rings. The summed E-state index contributed by atoms with van der Waals surface area (Å²) < 4.78 is 0. The summed E-state index contributed by atoms with van der Waals surface area (Å²) >= 11 is 0. The zero-order valence-electron chi connectivity index (χ0n) is 14.1. The van der Waals surface area contributed by atoms with Gasteiger partial charge in [-0.2, -0.15) is 0 Å². The summed E-state index contributed by atoms with van der Waals surface area (Å²) in [6, 6.07) is 7.74. The fourth-order valence-corrected chi connectivity index (χ4v) is 3.49. The molecule has 1 aliphatic heterocycles. The van der Waals surface area contributed by atoms with Crippen molar-refractivity contribution in [3.05, 3.63) is 29.3 Å². The van der Waals surface area contributed by atoms with Crippen LogP contribution in [0.2, 0.25) is 0 Å². The van der Waals surface area contributed by atoms with Gasteiger partial charge < -0.3 is 10.2 Å². The molecular formula is C19H32N2. The molecule has 1 aromatic rings. The quantitative estimate of drug-likeness (QED) is 0.734. The number of nitrogens with zero attached hydrogens (tertiary/aromatic N) is 1. The molecular weight excluding hydrogens is 256 g/mol. The number of nitrogens with one attached hydrogen (secondary N) is 1. The highest BCUT2D eigenvalue weighted by atomic mass is 15.2. The molecule has 0 saturated carbocycles. The molecule has 2 nitrogen and oxygen atoms in total. The lowest BCUT2D eigenvalue weighted by Gasteiger charge is -2.39. The van der Waals surface area contributed by atoms with Crippen LogP contribution in [0.5, 0.6) is 0 Å². The van der Waals surface area contributed by atoms with Crippen LogP contribution >= 0.6 is 0 Å². The van der Waals surface area contributed by atoms with Gasteiger partial charge in [0.1, 0.15) is 0 Å². The molecule has 1 heterocycles. The maximum absolute atomic E-state index is 3.58. The first kappa shape index (κ1) is 16.4. The molecule has 0 spiro atoms. The smallest absolute Gasteiger partial charge is 0.0414 e. The van der Waals surface area contributed by atoms with Gasteiger partial charge in [-0.1, -0.05) is 38.0 Å². The third kappa shape index (κ3) is 4.47. The molecule has 118 valence electrons. The third-order valence-corrected chi connectivity index (χ3v) is 4.54. The molecule has 2 rings (SSSR count). The summed E-state index contributed by atoms with van der Waals surface area (Å²) in [5.74, 6) is 0. The highest BCUT2D eigenvalue weighted by molar-refractivity contribution is 5.56. The van der Waals surface area contributed by atoms with E-state index < -0.39 is 0 Å². The van der Waals surface area contributed by atoms with Crippen LogP contribution in [0, 0.1) is 6.92 Å². The minimum Gasteiger partial charge on any atom is -0.368 e. The summed E-state index contributed by atoms with van der Waals surface area (Å²) in [5, 5.41) is 3.58. The maximum atomic E-state index is 3.58. The SMILES string of the molecule is CCCNCc1cc(C)ccc1N1CCCCC1CCC. The van der Waals surface area contributed by atoms with E-state index in [1.165, 1.54) is 61.9 Å². The number of hydrogen-bond acceptors (Lipinski definition) is 2. The van der Waals surface area contributed by atoms with Gasteiger partial charge in [0.2, 0.25) is 0 Å². The van der Waals surface area contributed by atoms with Crippen molar-refractivity contribution >= 4 is 5.69 Å². The predicted molar refractivity (Wildman–Crippen MR) is 93.1 cm³/mol. The first-order valence-electron chi connectivity index (χ1n) is 8.83. The van der Waals surface area contributed by atoms with Crippen LogP contribution < -0.4 is 10.2 Å². The Labute approximate surface area is 130 Å². The van der Waals surface area contributed by atoms with E-state index in [0.717, 1.165) is 19.1 Å². The molecule has 1 aromatic carbocycles. The number of hydrogen-bond donors (Lipinski definition) is 1. The Morgan fingerprint density at radius 1 is 1.19 bits per heavy atom. The highest BCUT2D eigenvalue weighted by Gasteiger charge is 2.23. The minimum absolute atomic E-state index is 0.747. The fourth-order valence-electron chi connectivity index (χ4n) is 3.49. The van der Waals surface area contributed by atoms with Gasteiger partial charge in [0, 0.05) is 24.8 Å². The lowest BCUT2D eigenvalue weighted by molar-refractivity contribution is 0.433. The first-order valence-corrected chi connectivity index (χ1v) is 8.83. The van der Waals surface area contributed by atoms with Crippen LogP contribution in [0.25, 0.3) is 0 Å². The van der Waals surface area contributed by atoms with Crippen molar-refractivity contribution in [1.82, 2.24) is 5.32 Å². The summed E-state index contributed by atoms with van der Waals surface area (Å²) in [7, 11) is 0. The average Bonchev–Trinajstić information content (AvgIpc) is 2.49. The Morgan fingerprint density at radius 3 is 2.81 bits per heavy atom. The molecule has 1 saturated heterocycles. The van der Waals surface area contributed by atoms with Crippen molar-refractivity contribution in [3.8, 4) is 0 Å². The van der Waals surface area contributed by atoms with Crippen LogP contribution in [0.4, 0.5) is 5.69 Å². The summed E-state index contributed by atoms with van der Waals surface area (Å²) in [4.78, 5) is 2.69. The van der Waals surface area contributed by atoms with E-state index in [0.29, 0.717) is 0 Å². The van der Waals surface area contributed by atoms with E-state index in [9.17, 15) is 0 Å². The van der Waals surface area contributed by atoms with E-state index in [-0.39, 0.29) is 0 Å². The molecule has 21 heavy (non-hydrogen) atoms. The number of aryl methyl sites for hydroxylation is 1. The second kappa shape index (κ2) is 8.43. The number of rotatable bonds is 7. The molecule has 0 radical (unpaired) electrons. The first-order chi connectivity index (χ1) is 10.3. The van der Waals surface area contributed by atoms with Gasteiger partial charge in [0.05, 0.1) is 0 Å². The van der Waals surface area contributed by atoms with Crippen LogP contribution in [0.15, 0.2) is 18.2 Å². The van der Waals surface area contributed by atoms with E-state index in [2.05, 4.69) is 49.2 Å². The Balaban J connectivity index is 2.19. The van der Waals surface area contributed by atoms with Crippen LogP contribution in [-0.2, 0) is 6.54 Å². The van der Waals surface area contributed by atoms with Gasteiger partial charge in [0.15, 0.2) is 0 Å². The molecule has 1 atom stereocenters. The normalized spacial score (nSPS) is 19.0. The van der Waals surface area contributed by atoms with Gasteiger partial charge >= 0.3 is 0 Å². The Kier molecular flexibility index (Phi) is 6.56. The highest BCUT2D eigenvalue weighted by Crippen LogP contribution is 2.30. The molecule has 0 amide bonds. The number of anilines is 1. The maximum Gasteiger partial charge on any atom is 0.0414 e. The van der Waals surface area contributed by atoms with Crippen molar-refractivity contribution in [2.75, 3.05) is 18.0 Å². The van der Waals surface area contributed by atoms with Crippen LogP contribution in [0.1, 0.15) is 63.5 Å². The fraction of sp³-hybridized carbons (Fsp3) is 0.684. The summed E-state index contributed by atoms with van der Waals surface area (Å²) in [6.45, 7) is 10.1. The monoisotopic (exact) mass is 288 g/mol. The molecule has 0 aromatic heterocycles. The van der Waals surface area contributed by atoms with E-state index in [1.807, 2.05) is 0 Å². The Bertz CT molecular complexity index is 426.